The lowest BCUT2D eigenvalue weighted by Gasteiger charge is -2.30. The first kappa shape index (κ1) is 15.8. The molecule has 5 heteroatoms. The van der Waals surface area contributed by atoms with Crippen LogP contribution in [0.2, 0.25) is 0 Å². The van der Waals surface area contributed by atoms with E-state index in [1.807, 2.05) is 0 Å². The summed E-state index contributed by atoms with van der Waals surface area (Å²) < 4.78 is 10.1. The highest BCUT2D eigenvalue weighted by Gasteiger charge is 2.18. The van der Waals surface area contributed by atoms with Crippen LogP contribution >= 0.6 is 0 Å². The molecule has 21 heavy (non-hydrogen) atoms. The third kappa shape index (κ3) is 3.74. The van der Waals surface area contributed by atoms with Crippen molar-refractivity contribution in [3.8, 4) is 0 Å². The van der Waals surface area contributed by atoms with Crippen LogP contribution in [0.25, 0.3) is 0 Å². The lowest BCUT2D eigenvalue weighted by molar-refractivity contribution is -0.142. The van der Waals surface area contributed by atoms with Crippen LogP contribution in [-0.4, -0.2) is 45.4 Å². The van der Waals surface area contributed by atoms with Gasteiger partial charge in [-0.1, -0.05) is 0 Å². The Balaban J connectivity index is 2.18. The van der Waals surface area contributed by atoms with Gasteiger partial charge in [0.1, 0.15) is 6.04 Å². The van der Waals surface area contributed by atoms with E-state index in [0.29, 0.717) is 6.42 Å². The highest BCUT2D eigenvalue weighted by atomic mass is 16.5. The second kappa shape index (κ2) is 6.91. The van der Waals surface area contributed by atoms with Gasteiger partial charge in [0.05, 0.1) is 20.3 Å². The second-order valence-electron chi connectivity index (χ2n) is 5.49. The Hall–Kier alpha value is -1.59. The number of anilines is 1. The molecule has 2 rings (SSSR count). The molecule has 1 aliphatic rings. The molecule has 1 aromatic carbocycles. The van der Waals surface area contributed by atoms with E-state index in [1.54, 1.807) is 0 Å². The Kier molecular flexibility index (Phi) is 5.20. The number of carbonyl (C=O) groups excluding carboxylic acids is 1. The maximum atomic E-state index is 11.5. The van der Waals surface area contributed by atoms with Gasteiger partial charge in [-0.05, 0) is 49.1 Å². The number of nitrogens with two attached hydrogens (primary N) is 1. The van der Waals surface area contributed by atoms with E-state index in [2.05, 4.69) is 30.9 Å². The molecule has 5 nitrogen and oxygen atoms in total. The Labute approximate surface area is 126 Å². The van der Waals surface area contributed by atoms with Crippen LogP contribution in [0.5, 0.6) is 0 Å². The Bertz CT molecular complexity index is 487. The lowest BCUT2D eigenvalue weighted by atomic mass is 9.95. The van der Waals surface area contributed by atoms with Crippen LogP contribution in [0.4, 0.5) is 5.69 Å². The smallest absolute Gasteiger partial charge is 0.322 e. The van der Waals surface area contributed by atoms with Gasteiger partial charge in [-0.3, -0.25) is 4.79 Å². The van der Waals surface area contributed by atoms with Crippen LogP contribution in [-0.2, 0) is 20.7 Å². The Morgan fingerprint density at radius 3 is 2.43 bits per heavy atom. The van der Waals surface area contributed by atoms with Crippen molar-refractivity contribution in [3.05, 3.63) is 28.8 Å². The molecule has 0 aliphatic carbocycles. The molecule has 0 bridgehead atoms. The van der Waals surface area contributed by atoms with Crippen molar-refractivity contribution in [2.75, 3.05) is 38.3 Å². The van der Waals surface area contributed by atoms with Gasteiger partial charge < -0.3 is 20.1 Å². The molecule has 1 saturated heterocycles. The zero-order chi connectivity index (χ0) is 15.4. The number of hydrogen-bond donors (Lipinski definition) is 1. The van der Waals surface area contributed by atoms with Gasteiger partial charge in [-0.2, -0.15) is 0 Å². The van der Waals surface area contributed by atoms with Crippen LogP contribution in [0, 0.1) is 13.8 Å². The van der Waals surface area contributed by atoms with Crippen LogP contribution in [0.3, 0.4) is 0 Å². The number of morpholine rings is 1. The van der Waals surface area contributed by atoms with Crippen molar-refractivity contribution in [2.24, 2.45) is 5.73 Å². The summed E-state index contributed by atoms with van der Waals surface area (Å²) in [5.41, 5.74) is 10.5. The Morgan fingerprint density at radius 2 is 1.90 bits per heavy atom. The number of nitrogens with zero attached hydrogens (tertiary/aromatic N) is 1. The normalized spacial score (nSPS) is 16.7. The summed E-state index contributed by atoms with van der Waals surface area (Å²) in [6, 6.07) is 3.72. The quantitative estimate of drug-likeness (QED) is 0.844. The van der Waals surface area contributed by atoms with E-state index in [4.69, 9.17) is 15.2 Å². The number of benzene rings is 1. The van der Waals surface area contributed by atoms with Gasteiger partial charge in [-0.15, -0.1) is 0 Å². The minimum atomic E-state index is -0.610. The van der Waals surface area contributed by atoms with Crippen LogP contribution in [0.15, 0.2) is 12.1 Å². The van der Waals surface area contributed by atoms with Crippen molar-refractivity contribution in [1.82, 2.24) is 0 Å². The van der Waals surface area contributed by atoms with Gasteiger partial charge in [-0.25, -0.2) is 0 Å². The fourth-order valence-electron chi connectivity index (χ4n) is 2.75. The molecule has 0 amide bonds. The van der Waals surface area contributed by atoms with Crippen LogP contribution in [0.1, 0.15) is 16.7 Å². The maximum absolute atomic E-state index is 11.5. The molecule has 0 aromatic heterocycles. The largest absolute Gasteiger partial charge is 0.468 e. The van der Waals surface area contributed by atoms with Crippen LogP contribution < -0.4 is 10.6 Å². The predicted molar refractivity (Wildman–Crippen MR) is 82.6 cm³/mol. The lowest BCUT2D eigenvalue weighted by Crippen LogP contribution is -2.36. The summed E-state index contributed by atoms with van der Waals surface area (Å²) >= 11 is 0. The molecular weight excluding hydrogens is 268 g/mol. The molecular formula is C16H24N2O3. The topological polar surface area (TPSA) is 64.8 Å². The number of hydrogen-bond acceptors (Lipinski definition) is 5. The number of methoxy groups -OCH3 is 1. The maximum Gasteiger partial charge on any atom is 0.322 e. The summed E-state index contributed by atoms with van der Waals surface area (Å²) in [7, 11) is 1.36. The first-order valence-corrected chi connectivity index (χ1v) is 7.29. The molecule has 1 atom stereocenters. The highest BCUT2D eigenvalue weighted by Crippen LogP contribution is 2.25. The SMILES string of the molecule is COC(=O)C(N)Cc1c(C)cc(N2CCOCC2)cc1C. The summed E-state index contributed by atoms with van der Waals surface area (Å²) in [6.07, 6.45) is 0.508. The van der Waals surface area contributed by atoms with Crippen molar-refractivity contribution in [3.63, 3.8) is 0 Å². The minimum Gasteiger partial charge on any atom is -0.468 e. The van der Waals surface area contributed by atoms with Crippen molar-refractivity contribution in [1.29, 1.82) is 0 Å². The molecule has 1 heterocycles. The van der Waals surface area contributed by atoms with Gasteiger partial charge in [0.15, 0.2) is 0 Å². The van der Waals surface area contributed by atoms with E-state index < -0.39 is 6.04 Å². The first-order chi connectivity index (χ1) is 10.0. The Morgan fingerprint density at radius 1 is 1.33 bits per heavy atom. The molecule has 0 spiro atoms. The van der Waals surface area contributed by atoms with Crippen molar-refractivity contribution in [2.45, 2.75) is 26.3 Å². The number of aryl methyl sites for hydroxylation is 2. The second-order valence-corrected chi connectivity index (χ2v) is 5.49. The molecule has 1 aromatic rings. The number of rotatable bonds is 4. The zero-order valence-electron chi connectivity index (χ0n) is 13.0. The van der Waals surface area contributed by atoms with Gasteiger partial charge in [0.2, 0.25) is 0 Å². The van der Waals surface area contributed by atoms with E-state index in [-0.39, 0.29) is 5.97 Å². The molecule has 0 radical (unpaired) electrons. The average molecular weight is 292 g/mol. The van der Waals surface area contributed by atoms with Gasteiger partial charge in [0.25, 0.3) is 0 Å². The zero-order valence-corrected chi connectivity index (χ0v) is 13.0. The third-order valence-electron chi connectivity index (χ3n) is 3.98. The standard InChI is InChI=1S/C16H24N2O3/c1-11-8-13(18-4-6-21-7-5-18)9-12(2)14(11)10-15(17)16(19)20-3/h8-9,15H,4-7,10,17H2,1-3H3. The number of carbonyl (C=O) groups is 1. The summed E-state index contributed by atoms with van der Waals surface area (Å²) in [6.45, 7) is 7.51. The molecule has 1 aliphatic heterocycles. The molecule has 0 saturated carbocycles. The third-order valence-corrected chi connectivity index (χ3v) is 3.98. The average Bonchev–Trinajstić information content (AvgIpc) is 2.50. The summed E-state index contributed by atoms with van der Waals surface area (Å²) in [5, 5.41) is 0. The molecule has 1 fully saturated rings. The highest BCUT2D eigenvalue weighted by molar-refractivity contribution is 5.76. The number of esters is 1. The van der Waals surface area contributed by atoms with Crippen molar-refractivity contribution >= 4 is 11.7 Å². The number of ether oxygens (including phenoxy) is 2. The first-order valence-electron chi connectivity index (χ1n) is 7.29. The monoisotopic (exact) mass is 292 g/mol. The fourth-order valence-corrected chi connectivity index (χ4v) is 2.75. The molecule has 1 unspecified atom stereocenters. The van der Waals surface area contributed by atoms with Crippen molar-refractivity contribution < 1.29 is 14.3 Å². The van der Waals surface area contributed by atoms with E-state index >= 15 is 0 Å². The summed E-state index contributed by atoms with van der Waals surface area (Å²) in [5.74, 6) is -0.369. The van der Waals surface area contributed by atoms with Gasteiger partial charge >= 0.3 is 5.97 Å². The predicted octanol–water partition coefficient (Wildman–Crippen LogP) is 1.18. The van der Waals surface area contributed by atoms with E-state index in [9.17, 15) is 4.79 Å². The molecule has 116 valence electrons. The minimum absolute atomic E-state index is 0.369. The summed E-state index contributed by atoms with van der Waals surface area (Å²) in [4.78, 5) is 13.8. The van der Waals surface area contributed by atoms with Gasteiger partial charge in [0, 0.05) is 18.8 Å². The fraction of sp³-hybridized carbons (Fsp3) is 0.562. The van der Waals surface area contributed by atoms with E-state index in [0.717, 1.165) is 43.0 Å². The molecule has 2 N–H and O–H groups in total. The van der Waals surface area contributed by atoms with E-state index in [1.165, 1.54) is 12.8 Å².